The van der Waals surface area contributed by atoms with Gasteiger partial charge >= 0.3 is 0 Å². The molecule has 1 amide bonds. The Morgan fingerprint density at radius 2 is 2.12 bits per heavy atom. The Kier molecular flexibility index (Phi) is 4.92. The van der Waals surface area contributed by atoms with Gasteiger partial charge in [-0.25, -0.2) is 0 Å². The Morgan fingerprint density at radius 3 is 2.62 bits per heavy atom. The van der Waals surface area contributed by atoms with Crippen LogP contribution in [0.4, 0.5) is 0 Å². The quantitative estimate of drug-likeness (QED) is 0.800. The van der Waals surface area contributed by atoms with Crippen molar-refractivity contribution < 1.29 is 4.79 Å². The van der Waals surface area contributed by atoms with Crippen LogP contribution in [0.2, 0.25) is 0 Å². The smallest absolute Gasteiger partial charge is 0.239 e. The van der Waals surface area contributed by atoms with Gasteiger partial charge in [0, 0.05) is 25.5 Å². The molecule has 0 spiro atoms. The van der Waals surface area contributed by atoms with E-state index in [1.54, 1.807) is 24.2 Å². The molecule has 0 aliphatic heterocycles. The van der Waals surface area contributed by atoms with Crippen molar-refractivity contribution >= 4 is 5.91 Å². The van der Waals surface area contributed by atoms with Crippen LogP contribution in [-0.2, 0) is 11.2 Å². The van der Waals surface area contributed by atoms with E-state index in [4.69, 9.17) is 5.73 Å². The van der Waals surface area contributed by atoms with Gasteiger partial charge < -0.3 is 10.6 Å². The summed E-state index contributed by atoms with van der Waals surface area (Å²) in [5, 5.41) is 0. The van der Waals surface area contributed by atoms with Gasteiger partial charge in [0.15, 0.2) is 0 Å². The van der Waals surface area contributed by atoms with Crippen LogP contribution in [-0.4, -0.2) is 34.9 Å². The third kappa shape index (κ3) is 3.62. The first-order valence-electron chi connectivity index (χ1n) is 5.58. The Bertz CT molecular complexity index is 324. The molecule has 16 heavy (non-hydrogen) atoms. The van der Waals surface area contributed by atoms with Crippen molar-refractivity contribution in [2.45, 2.75) is 26.3 Å². The highest BCUT2D eigenvalue weighted by atomic mass is 16.2. The minimum absolute atomic E-state index is 0.0107. The average molecular weight is 221 g/mol. The first-order chi connectivity index (χ1) is 7.65. The van der Waals surface area contributed by atoms with Gasteiger partial charge in [-0.2, -0.15) is 0 Å². The van der Waals surface area contributed by atoms with E-state index in [9.17, 15) is 4.79 Å². The summed E-state index contributed by atoms with van der Waals surface area (Å²) >= 11 is 0. The zero-order valence-corrected chi connectivity index (χ0v) is 9.89. The van der Waals surface area contributed by atoms with Crippen molar-refractivity contribution in [1.29, 1.82) is 0 Å². The predicted molar refractivity (Wildman–Crippen MR) is 63.8 cm³/mol. The van der Waals surface area contributed by atoms with Crippen molar-refractivity contribution in [3.05, 3.63) is 30.1 Å². The van der Waals surface area contributed by atoms with Crippen LogP contribution >= 0.6 is 0 Å². The largest absolute Gasteiger partial charge is 0.341 e. The molecule has 0 aliphatic carbocycles. The Morgan fingerprint density at radius 1 is 1.50 bits per heavy atom. The monoisotopic (exact) mass is 221 g/mol. The van der Waals surface area contributed by atoms with Crippen LogP contribution in [0.3, 0.4) is 0 Å². The second-order valence-electron chi connectivity index (χ2n) is 3.81. The van der Waals surface area contributed by atoms with Gasteiger partial charge in [0.2, 0.25) is 5.91 Å². The Labute approximate surface area is 96.5 Å². The highest BCUT2D eigenvalue weighted by Gasteiger charge is 2.15. The molecular weight excluding hydrogens is 202 g/mol. The molecule has 2 N–H and O–H groups in total. The average Bonchev–Trinajstić information content (AvgIpc) is 2.30. The summed E-state index contributed by atoms with van der Waals surface area (Å²) in [6, 6.07) is 3.51. The fraction of sp³-hybridized carbons (Fsp3) is 0.500. The molecule has 1 rings (SSSR count). The van der Waals surface area contributed by atoms with Crippen molar-refractivity contribution in [3.63, 3.8) is 0 Å². The van der Waals surface area contributed by atoms with Crippen molar-refractivity contribution in [1.82, 2.24) is 9.88 Å². The van der Waals surface area contributed by atoms with E-state index in [1.165, 1.54) is 5.56 Å². The van der Waals surface area contributed by atoms with Gasteiger partial charge in [-0.05, 0) is 38.0 Å². The molecule has 4 heteroatoms. The van der Waals surface area contributed by atoms with Gasteiger partial charge in [-0.3, -0.25) is 9.78 Å². The van der Waals surface area contributed by atoms with E-state index < -0.39 is 6.04 Å². The summed E-state index contributed by atoms with van der Waals surface area (Å²) in [4.78, 5) is 17.4. The first-order valence-corrected chi connectivity index (χ1v) is 5.58. The fourth-order valence-corrected chi connectivity index (χ4v) is 1.53. The molecule has 1 heterocycles. The number of aromatic nitrogens is 1. The fourth-order valence-electron chi connectivity index (χ4n) is 1.53. The van der Waals surface area contributed by atoms with E-state index in [1.807, 2.05) is 19.1 Å². The molecule has 0 saturated heterocycles. The number of nitrogens with zero attached hydrogens (tertiary/aromatic N) is 2. The minimum Gasteiger partial charge on any atom is -0.341 e. The lowest BCUT2D eigenvalue weighted by Crippen LogP contribution is -2.42. The van der Waals surface area contributed by atoms with E-state index in [0.717, 1.165) is 6.42 Å². The number of nitrogens with two attached hydrogens (primary N) is 1. The second kappa shape index (κ2) is 6.23. The first kappa shape index (κ1) is 12.6. The molecule has 1 atom stereocenters. The van der Waals surface area contributed by atoms with Crippen molar-refractivity contribution in [2.75, 3.05) is 13.1 Å². The summed E-state index contributed by atoms with van der Waals surface area (Å²) in [7, 11) is 0. The van der Waals surface area contributed by atoms with E-state index in [2.05, 4.69) is 4.98 Å². The zero-order valence-electron chi connectivity index (χ0n) is 9.89. The Hall–Kier alpha value is -1.42. The third-order valence-electron chi connectivity index (χ3n) is 2.50. The van der Waals surface area contributed by atoms with Crippen LogP contribution in [0.25, 0.3) is 0 Å². The maximum Gasteiger partial charge on any atom is 0.239 e. The van der Waals surface area contributed by atoms with Crippen molar-refractivity contribution in [3.8, 4) is 0 Å². The number of likely N-dealkylation sites (N-methyl/N-ethyl adjacent to an activating group) is 1. The molecule has 0 aromatic carbocycles. The molecule has 0 aliphatic rings. The van der Waals surface area contributed by atoms with E-state index in [-0.39, 0.29) is 5.91 Å². The molecule has 0 radical (unpaired) electrons. The standard InChI is InChI=1S/C12H19N3O/c1-3-15(12(16)10(2)13)9-6-11-4-7-14-8-5-11/h4-5,7-8,10H,3,6,9,13H2,1-2H3/t10-/m0/s1. The lowest BCUT2D eigenvalue weighted by Gasteiger charge is -2.22. The number of hydrogen-bond acceptors (Lipinski definition) is 3. The number of rotatable bonds is 5. The normalized spacial score (nSPS) is 12.2. The summed E-state index contributed by atoms with van der Waals surface area (Å²) in [6.07, 6.45) is 4.37. The number of pyridine rings is 1. The van der Waals surface area contributed by atoms with E-state index in [0.29, 0.717) is 13.1 Å². The second-order valence-corrected chi connectivity index (χ2v) is 3.81. The summed E-state index contributed by atoms with van der Waals surface area (Å²) in [6.45, 7) is 5.09. The number of hydrogen-bond donors (Lipinski definition) is 1. The minimum atomic E-state index is -0.419. The molecule has 0 saturated carbocycles. The van der Waals surface area contributed by atoms with Crippen LogP contribution < -0.4 is 5.73 Å². The highest BCUT2D eigenvalue weighted by Crippen LogP contribution is 2.01. The number of amides is 1. The van der Waals surface area contributed by atoms with Gasteiger partial charge in [-0.1, -0.05) is 0 Å². The SMILES string of the molecule is CCN(CCc1ccncc1)C(=O)[C@H](C)N. The molecule has 1 aromatic rings. The number of carbonyl (C=O) groups excluding carboxylic acids is 1. The maximum absolute atomic E-state index is 11.7. The third-order valence-corrected chi connectivity index (χ3v) is 2.50. The van der Waals surface area contributed by atoms with Crippen LogP contribution in [0.5, 0.6) is 0 Å². The number of carbonyl (C=O) groups is 1. The predicted octanol–water partition coefficient (Wildman–Crippen LogP) is 0.820. The lowest BCUT2D eigenvalue weighted by molar-refractivity contribution is -0.131. The van der Waals surface area contributed by atoms with Crippen molar-refractivity contribution in [2.24, 2.45) is 5.73 Å². The van der Waals surface area contributed by atoms with Gasteiger partial charge in [0.1, 0.15) is 0 Å². The molecule has 4 nitrogen and oxygen atoms in total. The Balaban J connectivity index is 2.49. The summed E-state index contributed by atoms with van der Waals surface area (Å²) in [5.41, 5.74) is 6.77. The summed E-state index contributed by atoms with van der Waals surface area (Å²) in [5.74, 6) is 0.0107. The summed E-state index contributed by atoms with van der Waals surface area (Å²) < 4.78 is 0. The van der Waals surface area contributed by atoms with Gasteiger partial charge in [-0.15, -0.1) is 0 Å². The molecule has 0 bridgehead atoms. The van der Waals surface area contributed by atoms with E-state index >= 15 is 0 Å². The zero-order chi connectivity index (χ0) is 12.0. The van der Waals surface area contributed by atoms with Crippen LogP contribution in [0.15, 0.2) is 24.5 Å². The molecule has 0 unspecified atom stereocenters. The molecule has 88 valence electrons. The molecule has 1 aromatic heterocycles. The van der Waals surface area contributed by atoms with Crippen LogP contribution in [0, 0.1) is 0 Å². The lowest BCUT2D eigenvalue weighted by atomic mass is 10.2. The van der Waals surface area contributed by atoms with Gasteiger partial charge in [0.05, 0.1) is 6.04 Å². The topological polar surface area (TPSA) is 59.2 Å². The highest BCUT2D eigenvalue weighted by molar-refractivity contribution is 5.81. The molecular formula is C12H19N3O. The molecule has 0 fully saturated rings. The maximum atomic E-state index is 11.7. The van der Waals surface area contributed by atoms with Gasteiger partial charge in [0.25, 0.3) is 0 Å². The van der Waals surface area contributed by atoms with Crippen LogP contribution in [0.1, 0.15) is 19.4 Å².